The van der Waals surface area contributed by atoms with E-state index in [1.165, 1.54) is 65.5 Å². The Bertz CT molecular complexity index is 2810. The predicted molar refractivity (Wildman–Crippen MR) is 282 cm³/mol. The lowest BCUT2D eigenvalue weighted by Gasteiger charge is -2.43. The van der Waals surface area contributed by atoms with Gasteiger partial charge in [-0.15, -0.1) is 0 Å². The van der Waals surface area contributed by atoms with Crippen LogP contribution in [0.4, 0.5) is 5.82 Å². The molecule has 8 aliphatic rings. The number of allylic oxidation sites excluding steroid dienone is 15. The van der Waals surface area contributed by atoms with Gasteiger partial charge in [0.2, 0.25) is 0 Å². The summed E-state index contributed by atoms with van der Waals surface area (Å²) in [6.07, 6.45) is 48.5. The van der Waals surface area contributed by atoms with Crippen LogP contribution in [0, 0.1) is 29.1 Å². The zero-order valence-corrected chi connectivity index (χ0v) is 39.3. The third kappa shape index (κ3) is 8.19. The molecule has 5 nitrogen and oxygen atoms in total. The number of aliphatic imine (C=N–C) groups is 1. The van der Waals surface area contributed by atoms with Crippen LogP contribution in [0.5, 0.6) is 0 Å². The van der Waals surface area contributed by atoms with Crippen molar-refractivity contribution in [3.63, 3.8) is 0 Å². The Morgan fingerprint density at radius 1 is 0.721 bits per heavy atom. The topological polar surface area (TPSA) is 52.6 Å². The van der Waals surface area contributed by atoms with Crippen molar-refractivity contribution in [3.05, 3.63) is 233 Å². The maximum absolute atomic E-state index is 5.71. The van der Waals surface area contributed by atoms with Crippen LogP contribution < -0.4 is 15.5 Å². The number of nitrogens with one attached hydrogen (secondary N) is 2. The molecule has 12 rings (SSSR count). The van der Waals surface area contributed by atoms with Crippen LogP contribution in [-0.2, 0) is 0 Å². The molecule has 1 saturated heterocycles. The van der Waals surface area contributed by atoms with Gasteiger partial charge >= 0.3 is 0 Å². The van der Waals surface area contributed by atoms with Crippen LogP contribution in [0.3, 0.4) is 0 Å². The summed E-state index contributed by atoms with van der Waals surface area (Å²) >= 11 is 0. The molecule has 3 aromatic carbocycles. The van der Waals surface area contributed by atoms with Gasteiger partial charge in [-0.1, -0.05) is 200 Å². The van der Waals surface area contributed by atoms with Crippen molar-refractivity contribution in [2.45, 2.75) is 89.1 Å². The highest BCUT2D eigenvalue weighted by Crippen LogP contribution is 2.50. The molecule has 0 bridgehead atoms. The summed E-state index contributed by atoms with van der Waals surface area (Å²) in [6, 6.07) is 35.2. The Labute approximate surface area is 403 Å². The Morgan fingerprint density at radius 3 is 2.09 bits per heavy atom. The van der Waals surface area contributed by atoms with Crippen molar-refractivity contribution in [3.8, 4) is 0 Å². The number of nitrogens with zero attached hydrogens (tertiary/aromatic N) is 3. The average molecular weight is 890 g/mol. The van der Waals surface area contributed by atoms with Gasteiger partial charge in [0.1, 0.15) is 17.8 Å². The smallest absolute Gasteiger partial charge is 0.140 e. The summed E-state index contributed by atoms with van der Waals surface area (Å²) in [5, 5.41) is 8.09. The van der Waals surface area contributed by atoms with E-state index in [1.54, 1.807) is 11.1 Å². The van der Waals surface area contributed by atoms with Crippen LogP contribution >= 0.6 is 0 Å². The highest BCUT2D eigenvalue weighted by atomic mass is 15.3. The van der Waals surface area contributed by atoms with E-state index in [4.69, 9.17) is 9.98 Å². The Kier molecular flexibility index (Phi) is 11.6. The van der Waals surface area contributed by atoms with Gasteiger partial charge in [-0.05, 0) is 103 Å². The van der Waals surface area contributed by atoms with Crippen LogP contribution in [0.2, 0.25) is 0 Å². The summed E-state index contributed by atoms with van der Waals surface area (Å²) in [5.74, 6) is 3.19. The van der Waals surface area contributed by atoms with Crippen molar-refractivity contribution in [1.29, 1.82) is 0 Å². The fourth-order valence-electron chi connectivity index (χ4n) is 12.6. The molecule has 0 saturated carbocycles. The van der Waals surface area contributed by atoms with Gasteiger partial charge in [0.15, 0.2) is 0 Å². The number of pyridine rings is 1. The normalized spacial score (nSPS) is 30.5. The molecule has 4 aromatic rings. The number of aromatic nitrogens is 1. The average Bonchev–Trinajstić information content (AvgIpc) is 3.74. The summed E-state index contributed by atoms with van der Waals surface area (Å²) in [4.78, 5) is 14.0. The lowest BCUT2D eigenvalue weighted by atomic mass is 9.72. The lowest BCUT2D eigenvalue weighted by Crippen LogP contribution is -2.59. The number of benzene rings is 3. The number of rotatable bonds is 9. The molecule has 9 atom stereocenters. The van der Waals surface area contributed by atoms with Crippen LogP contribution in [0.15, 0.2) is 211 Å². The van der Waals surface area contributed by atoms with Gasteiger partial charge in [-0.2, -0.15) is 0 Å². The highest BCUT2D eigenvalue weighted by Gasteiger charge is 2.49. The minimum atomic E-state index is -0.225. The number of fused-ring (bicyclic) bond motifs is 3. The first kappa shape index (κ1) is 42.8. The summed E-state index contributed by atoms with van der Waals surface area (Å²) in [5.41, 5.74) is 12.9. The second-order valence-corrected chi connectivity index (χ2v) is 20.5. The molecular formula is C63H63N5. The van der Waals surface area contributed by atoms with E-state index in [0.29, 0.717) is 11.8 Å². The Balaban J connectivity index is 1.01. The minimum Gasteiger partial charge on any atom is -0.353 e. The Morgan fingerprint density at radius 2 is 1.44 bits per heavy atom. The van der Waals surface area contributed by atoms with E-state index in [9.17, 15) is 0 Å². The first-order valence-corrected chi connectivity index (χ1v) is 25.5. The molecular weight excluding hydrogens is 827 g/mol. The van der Waals surface area contributed by atoms with E-state index >= 15 is 0 Å². The van der Waals surface area contributed by atoms with Gasteiger partial charge in [0, 0.05) is 35.3 Å². The van der Waals surface area contributed by atoms with Gasteiger partial charge in [0.25, 0.3) is 0 Å². The molecule has 3 heterocycles. The van der Waals surface area contributed by atoms with Crippen LogP contribution in [0.25, 0.3) is 16.7 Å². The third-order valence-electron chi connectivity index (χ3n) is 16.2. The molecule has 2 aliphatic heterocycles. The fraction of sp³-hybridized carbons (Fsp3) is 0.302. The molecule has 0 radical (unpaired) electrons. The van der Waals surface area contributed by atoms with Gasteiger partial charge in [-0.3, -0.25) is 5.32 Å². The van der Waals surface area contributed by atoms with Crippen molar-refractivity contribution in [1.82, 2.24) is 15.6 Å². The summed E-state index contributed by atoms with van der Waals surface area (Å²) in [6.45, 7) is 2.41. The second-order valence-electron chi connectivity index (χ2n) is 20.5. The summed E-state index contributed by atoms with van der Waals surface area (Å²) < 4.78 is 0. The molecule has 68 heavy (non-hydrogen) atoms. The first-order chi connectivity index (χ1) is 33.6. The van der Waals surface area contributed by atoms with E-state index in [2.05, 4.69) is 217 Å². The maximum atomic E-state index is 5.71. The van der Waals surface area contributed by atoms with Crippen molar-refractivity contribution in [2.75, 3.05) is 4.90 Å². The zero-order valence-electron chi connectivity index (χ0n) is 39.3. The highest BCUT2D eigenvalue weighted by molar-refractivity contribution is 6.04. The molecule has 9 unspecified atom stereocenters. The molecule has 0 spiro atoms. The van der Waals surface area contributed by atoms with Gasteiger partial charge < -0.3 is 10.2 Å². The monoisotopic (exact) mass is 890 g/mol. The molecule has 6 aliphatic carbocycles. The first-order valence-electron chi connectivity index (χ1n) is 25.5. The van der Waals surface area contributed by atoms with Crippen LogP contribution in [-0.4, -0.2) is 29.1 Å². The van der Waals surface area contributed by atoms with Crippen molar-refractivity contribution in [2.24, 2.45) is 34.1 Å². The molecule has 0 amide bonds. The number of anilines is 1. The van der Waals surface area contributed by atoms with Crippen LogP contribution in [0.1, 0.15) is 98.7 Å². The standard InChI is InChI=1S/C63H63N5/c1-63(36-18-7-19-37-63)62-66-59(47-28-16-6-17-29-47)65-60(67-62)56-41-51(50-30-33-52(45-24-12-4-13-25-45)53(38-50)46-26-14-5-15-27-46)42-64-61(56)68-57-34-31-48(43-20-8-2-9-21-43)39-54(57)55-40-49(32-35-58(55)68)44-22-10-3-11-23-44/h2-4,6,8-13,16-18,20-24,26,28-36,39-42,45,53-55,57-59,62,66H,5,7,14-15,19,25,27,37-38H2,1H3,(H,65,67). The number of amidine groups is 1. The van der Waals surface area contributed by atoms with E-state index < -0.39 is 0 Å². The van der Waals surface area contributed by atoms with E-state index in [1.807, 2.05) is 0 Å². The van der Waals surface area contributed by atoms with Crippen molar-refractivity contribution < 1.29 is 0 Å². The molecule has 2 N–H and O–H groups in total. The predicted octanol–water partition coefficient (Wildman–Crippen LogP) is 13.9. The largest absolute Gasteiger partial charge is 0.353 e. The molecule has 1 aromatic heterocycles. The Hall–Kier alpha value is -6.56. The quantitative estimate of drug-likeness (QED) is 0.164. The number of hydrogen-bond donors (Lipinski definition) is 2. The number of hydrogen-bond acceptors (Lipinski definition) is 5. The maximum Gasteiger partial charge on any atom is 0.140 e. The van der Waals surface area contributed by atoms with E-state index in [0.717, 1.165) is 48.5 Å². The third-order valence-corrected chi connectivity index (χ3v) is 16.2. The van der Waals surface area contributed by atoms with Gasteiger partial charge in [-0.25, -0.2) is 9.98 Å². The summed E-state index contributed by atoms with van der Waals surface area (Å²) in [7, 11) is 0. The van der Waals surface area contributed by atoms with Gasteiger partial charge in [0.05, 0.1) is 23.8 Å². The molecule has 1 fully saturated rings. The minimum absolute atomic E-state index is 0.0381. The SMILES string of the molecule is CC1(C2NC(c3cc(C4=CC=C(C5C=CC=CC5)C(C5=CCCCC5)C4)cnc3N3C4C=CC(c5ccccc5)=CC4C4C=C(c5ccccc5)C=CC43)=NC(c3ccccc3)N2)C=CCCC1. The molecule has 5 heteroatoms. The fourth-order valence-corrected chi connectivity index (χ4v) is 12.6. The zero-order chi connectivity index (χ0) is 45.4. The lowest BCUT2D eigenvalue weighted by molar-refractivity contribution is 0.208. The second kappa shape index (κ2) is 18.5. The molecule has 340 valence electrons. The van der Waals surface area contributed by atoms with E-state index in [-0.39, 0.29) is 41.7 Å². The van der Waals surface area contributed by atoms with Crippen molar-refractivity contribution >= 4 is 28.4 Å².